The standard InChI is InChI=1S/C39H39N3/c1-26(2)33-17-11-18-34(27(3)4)37(33)42-23-22-40-38(42)30-14-10-16-32(25-30)39(5,6)31-15-9-13-29(24-31)36-21-20-28-12-7-8-19-35(28)41-36/h7-27H,1-6H3. The van der Waals surface area contributed by atoms with Crippen LogP contribution < -0.4 is 0 Å². The zero-order valence-corrected chi connectivity index (χ0v) is 25.5. The Balaban J connectivity index is 1.40. The Bertz CT molecular complexity index is 1850. The molecule has 0 bridgehead atoms. The van der Waals surface area contributed by atoms with Crippen LogP contribution in [0.3, 0.4) is 0 Å². The molecule has 6 rings (SSSR count). The maximum Gasteiger partial charge on any atom is 0.144 e. The van der Waals surface area contributed by atoms with Gasteiger partial charge in [-0.3, -0.25) is 4.57 Å². The highest BCUT2D eigenvalue weighted by Crippen LogP contribution is 2.37. The van der Waals surface area contributed by atoms with Gasteiger partial charge >= 0.3 is 0 Å². The first-order valence-corrected chi connectivity index (χ1v) is 15.0. The highest BCUT2D eigenvalue weighted by molar-refractivity contribution is 5.81. The summed E-state index contributed by atoms with van der Waals surface area (Å²) in [5, 5.41) is 1.16. The summed E-state index contributed by atoms with van der Waals surface area (Å²) in [4.78, 5) is 9.85. The number of hydrogen-bond donors (Lipinski definition) is 0. The van der Waals surface area contributed by atoms with E-state index in [-0.39, 0.29) is 5.41 Å². The number of para-hydroxylation sites is 2. The van der Waals surface area contributed by atoms with Gasteiger partial charge in [0.05, 0.1) is 16.9 Å². The van der Waals surface area contributed by atoms with Gasteiger partial charge in [0.2, 0.25) is 0 Å². The quantitative estimate of drug-likeness (QED) is 0.198. The second-order valence-corrected chi connectivity index (χ2v) is 12.4. The van der Waals surface area contributed by atoms with E-state index in [4.69, 9.17) is 9.97 Å². The molecule has 0 saturated heterocycles. The van der Waals surface area contributed by atoms with Gasteiger partial charge in [0.25, 0.3) is 0 Å². The second kappa shape index (κ2) is 11.1. The summed E-state index contributed by atoms with van der Waals surface area (Å²) in [5.41, 5.74) is 10.5. The molecule has 0 atom stereocenters. The molecule has 0 unspecified atom stereocenters. The third-order valence-electron chi connectivity index (χ3n) is 8.55. The van der Waals surface area contributed by atoms with Gasteiger partial charge in [-0.15, -0.1) is 0 Å². The highest BCUT2D eigenvalue weighted by Gasteiger charge is 2.25. The van der Waals surface area contributed by atoms with Crippen molar-refractivity contribution in [1.82, 2.24) is 14.5 Å². The van der Waals surface area contributed by atoms with Gasteiger partial charge in [-0.25, -0.2) is 9.97 Å². The Morgan fingerprint density at radius 1 is 0.643 bits per heavy atom. The topological polar surface area (TPSA) is 30.7 Å². The number of benzene rings is 4. The van der Waals surface area contributed by atoms with Gasteiger partial charge in [-0.05, 0) is 58.4 Å². The van der Waals surface area contributed by atoms with Crippen molar-refractivity contribution in [2.45, 2.75) is 58.8 Å². The number of imidazole rings is 1. The Morgan fingerprint density at radius 2 is 1.26 bits per heavy atom. The molecule has 4 aromatic carbocycles. The van der Waals surface area contributed by atoms with Crippen LogP contribution in [0.2, 0.25) is 0 Å². The van der Waals surface area contributed by atoms with Crippen molar-refractivity contribution in [3.05, 3.63) is 138 Å². The zero-order chi connectivity index (χ0) is 29.4. The van der Waals surface area contributed by atoms with Crippen LogP contribution in [0.15, 0.2) is 116 Å². The first-order chi connectivity index (χ1) is 20.2. The van der Waals surface area contributed by atoms with Crippen LogP contribution in [-0.2, 0) is 5.41 Å². The summed E-state index contributed by atoms with van der Waals surface area (Å²) < 4.78 is 2.29. The van der Waals surface area contributed by atoms with Crippen molar-refractivity contribution < 1.29 is 0 Å². The SMILES string of the molecule is CC(C)c1cccc(C(C)C)c1-n1ccnc1-c1cccc(C(C)(C)c2cccc(-c3ccc4ccccc4n3)c2)c1. The molecule has 6 aromatic rings. The van der Waals surface area contributed by atoms with E-state index >= 15 is 0 Å². The monoisotopic (exact) mass is 549 g/mol. The largest absolute Gasteiger partial charge is 0.299 e. The molecule has 0 spiro atoms. The summed E-state index contributed by atoms with van der Waals surface area (Å²) in [6.45, 7) is 13.7. The number of fused-ring (bicyclic) bond motifs is 1. The first-order valence-electron chi connectivity index (χ1n) is 15.0. The van der Waals surface area contributed by atoms with Gasteiger partial charge in [0, 0.05) is 34.3 Å². The third kappa shape index (κ3) is 5.05. The van der Waals surface area contributed by atoms with Gasteiger partial charge < -0.3 is 0 Å². The Kier molecular flexibility index (Phi) is 7.28. The molecule has 0 amide bonds. The molecular weight excluding hydrogens is 510 g/mol. The predicted octanol–water partition coefficient (Wildman–Crippen LogP) is 10.3. The third-order valence-corrected chi connectivity index (χ3v) is 8.55. The molecule has 0 aliphatic carbocycles. The number of rotatable bonds is 7. The van der Waals surface area contributed by atoms with Crippen molar-refractivity contribution in [3.8, 4) is 28.3 Å². The van der Waals surface area contributed by atoms with Crippen molar-refractivity contribution in [2.75, 3.05) is 0 Å². The molecule has 0 N–H and O–H groups in total. The van der Waals surface area contributed by atoms with E-state index in [1.165, 1.54) is 27.9 Å². The van der Waals surface area contributed by atoms with Crippen LogP contribution >= 0.6 is 0 Å². The van der Waals surface area contributed by atoms with E-state index in [0.29, 0.717) is 11.8 Å². The lowest BCUT2D eigenvalue weighted by atomic mass is 9.77. The molecule has 0 fully saturated rings. The van der Waals surface area contributed by atoms with E-state index < -0.39 is 0 Å². The summed E-state index contributed by atoms with van der Waals surface area (Å²) in [5.74, 6) is 1.78. The molecule has 2 heterocycles. The summed E-state index contributed by atoms with van der Waals surface area (Å²) >= 11 is 0. The molecule has 0 radical (unpaired) electrons. The van der Waals surface area contributed by atoms with E-state index in [1.807, 2.05) is 12.3 Å². The Hall–Kier alpha value is -4.50. The minimum atomic E-state index is -0.223. The molecule has 2 aromatic heterocycles. The number of nitrogens with zero attached hydrogens (tertiary/aromatic N) is 3. The molecule has 0 saturated carbocycles. The van der Waals surface area contributed by atoms with Gasteiger partial charge in [-0.2, -0.15) is 0 Å². The minimum absolute atomic E-state index is 0.223. The maximum atomic E-state index is 4.96. The van der Waals surface area contributed by atoms with Gasteiger partial charge in [0.15, 0.2) is 0 Å². The summed E-state index contributed by atoms with van der Waals surface area (Å²) in [6, 6.07) is 37.0. The van der Waals surface area contributed by atoms with Crippen molar-refractivity contribution in [1.29, 1.82) is 0 Å². The van der Waals surface area contributed by atoms with Gasteiger partial charge in [-0.1, -0.05) is 120 Å². The van der Waals surface area contributed by atoms with Crippen molar-refractivity contribution in [2.24, 2.45) is 0 Å². The molecular formula is C39H39N3. The number of pyridine rings is 1. The van der Waals surface area contributed by atoms with Crippen molar-refractivity contribution >= 4 is 10.9 Å². The molecule has 0 aliphatic rings. The lowest BCUT2D eigenvalue weighted by Gasteiger charge is -2.27. The molecule has 3 heteroatoms. The van der Waals surface area contributed by atoms with Crippen LogP contribution in [0.4, 0.5) is 0 Å². The average Bonchev–Trinajstić information content (AvgIpc) is 3.50. The lowest BCUT2D eigenvalue weighted by molar-refractivity contribution is 0.641. The smallest absolute Gasteiger partial charge is 0.144 e. The normalized spacial score (nSPS) is 12.0. The molecule has 210 valence electrons. The predicted molar refractivity (Wildman–Crippen MR) is 176 cm³/mol. The van der Waals surface area contributed by atoms with E-state index in [9.17, 15) is 0 Å². The van der Waals surface area contributed by atoms with Crippen LogP contribution in [0.1, 0.15) is 75.6 Å². The fourth-order valence-corrected chi connectivity index (χ4v) is 6.00. The van der Waals surface area contributed by atoms with E-state index in [1.54, 1.807) is 0 Å². The van der Waals surface area contributed by atoms with Crippen LogP contribution in [0.5, 0.6) is 0 Å². The summed E-state index contributed by atoms with van der Waals surface area (Å²) in [6.07, 6.45) is 4.04. The number of aromatic nitrogens is 3. The van der Waals surface area contributed by atoms with Crippen LogP contribution in [0, 0.1) is 0 Å². The molecule has 0 aliphatic heterocycles. The molecule has 42 heavy (non-hydrogen) atoms. The van der Waals surface area contributed by atoms with Crippen molar-refractivity contribution in [3.63, 3.8) is 0 Å². The van der Waals surface area contributed by atoms with E-state index in [2.05, 4.69) is 149 Å². The number of hydrogen-bond acceptors (Lipinski definition) is 2. The minimum Gasteiger partial charge on any atom is -0.299 e. The lowest BCUT2D eigenvalue weighted by Crippen LogP contribution is -2.19. The summed E-state index contributed by atoms with van der Waals surface area (Å²) in [7, 11) is 0. The van der Waals surface area contributed by atoms with E-state index in [0.717, 1.165) is 33.5 Å². The fraction of sp³-hybridized carbons (Fsp3) is 0.231. The Morgan fingerprint density at radius 3 is 1.95 bits per heavy atom. The average molecular weight is 550 g/mol. The zero-order valence-electron chi connectivity index (χ0n) is 25.5. The fourth-order valence-electron chi connectivity index (χ4n) is 6.00. The molecule has 3 nitrogen and oxygen atoms in total. The highest BCUT2D eigenvalue weighted by atomic mass is 15.1. The van der Waals surface area contributed by atoms with Crippen LogP contribution in [-0.4, -0.2) is 14.5 Å². The Labute approximate surface area is 249 Å². The second-order valence-electron chi connectivity index (χ2n) is 12.4. The van der Waals surface area contributed by atoms with Gasteiger partial charge in [0.1, 0.15) is 5.82 Å². The maximum absolute atomic E-state index is 4.96. The van der Waals surface area contributed by atoms with Crippen LogP contribution in [0.25, 0.3) is 39.2 Å². The first kappa shape index (κ1) is 27.7.